The van der Waals surface area contributed by atoms with Crippen LogP contribution in [0, 0.1) is 13.8 Å². The number of aliphatic imine (C=N–C) groups is 1. The standard InChI is InChI=1S/C29H25F5N6O4S/c1-17-12-23(43-3)13-18(2)25(17)37-27(45-15-24(41)42)38-36-14-19-4-6-20(7-5-19)26-35-16-40(39-26)21-8-10-22(11-9-21)44-29(33,34)28(30,31)32/h4-14,16H,15H2,1-3H3,(H,37,38)(H,41,42)/b36-14+. The number of amidine groups is 1. The highest BCUT2D eigenvalue weighted by atomic mass is 32.2. The summed E-state index contributed by atoms with van der Waals surface area (Å²) in [7, 11) is 1.57. The van der Waals surface area contributed by atoms with E-state index in [2.05, 4.69) is 30.3 Å². The van der Waals surface area contributed by atoms with E-state index in [0.29, 0.717) is 34.1 Å². The third-order valence-corrected chi connectivity index (χ3v) is 6.81. The van der Waals surface area contributed by atoms with Gasteiger partial charge in [0.25, 0.3) is 0 Å². The fraction of sp³-hybridized carbons (Fsp3) is 0.207. The maximum Gasteiger partial charge on any atom is 0.499 e. The SMILES string of the molecule is COc1cc(C)c(/N=C(/N/N=C/c2ccc(-c3ncn(-c4ccc(OC(F)(F)C(F)(F)F)cc4)n3)cc2)SCC(=O)O)c(C)c1. The quantitative estimate of drug-likeness (QED) is 0.0863. The lowest BCUT2D eigenvalue weighted by molar-refractivity contribution is -0.360. The number of hydrogen-bond acceptors (Lipinski definition) is 8. The average Bonchev–Trinajstić information content (AvgIpc) is 3.47. The van der Waals surface area contributed by atoms with Gasteiger partial charge in [0.05, 0.1) is 30.5 Å². The topological polar surface area (TPSA) is 123 Å². The Labute approximate surface area is 257 Å². The second-order valence-electron chi connectivity index (χ2n) is 9.32. The van der Waals surface area contributed by atoms with Gasteiger partial charge in [0.1, 0.15) is 17.8 Å². The molecule has 0 saturated heterocycles. The van der Waals surface area contributed by atoms with Crippen LogP contribution in [0.4, 0.5) is 27.6 Å². The van der Waals surface area contributed by atoms with Crippen molar-refractivity contribution in [3.05, 3.63) is 83.7 Å². The van der Waals surface area contributed by atoms with Crippen LogP contribution >= 0.6 is 11.8 Å². The predicted molar refractivity (Wildman–Crippen MR) is 159 cm³/mol. The molecule has 0 bridgehead atoms. The summed E-state index contributed by atoms with van der Waals surface area (Å²) in [6.07, 6.45) is -8.30. The molecule has 0 atom stereocenters. The zero-order valence-corrected chi connectivity index (χ0v) is 24.7. The second-order valence-corrected chi connectivity index (χ2v) is 10.3. The fourth-order valence-electron chi connectivity index (χ4n) is 3.80. The molecule has 16 heteroatoms. The molecule has 1 heterocycles. The Hall–Kier alpha value is -4.99. The van der Waals surface area contributed by atoms with E-state index in [1.165, 1.54) is 29.4 Å². The summed E-state index contributed by atoms with van der Waals surface area (Å²) in [5.74, 6) is -0.898. The maximum absolute atomic E-state index is 13.1. The molecule has 0 radical (unpaired) electrons. The van der Waals surface area contributed by atoms with Gasteiger partial charge in [-0.25, -0.2) is 14.7 Å². The number of carboxylic acids is 1. The van der Waals surface area contributed by atoms with Crippen LogP contribution in [0.3, 0.4) is 0 Å². The Morgan fingerprint density at radius 2 is 1.67 bits per heavy atom. The molecule has 2 N–H and O–H groups in total. The Morgan fingerprint density at radius 1 is 1.02 bits per heavy atom. The first-order valence-corrected chi connectivity index (χ1v) is 13.9. The van der Waals surface area contributed by atoms with E-state index in [1.54, 1.807) is 31.4 Å². The highest BCUT2D eigenvalue weighted by Gasteiger charge is 2.61. The van der Waals surface area contributed by atoms with Crippen LogP contribution in [-0.4, -0.2) is 62.4 Å². The van der Waals surface area contributed by atoms with Crippen molar-refractivity contribution < 1.29 is 41.3 Å². The van der Waals surface area contributed by atoms with Crippen molar-refractivity contribution in [3.63, 3.8) is 0 Å². The number of ether oxygens (including phenoxy) is 2. The molecule has 0 spiro atoms. The molecule has 45 heavy (non-hydrogen) atoms. The van der Waals surface area contributed by atoms with Crippen molar-refractivity contribution in [3.8, 4) is 28.6 Å². The fourth-order valence-corrected chi connectivity index (χ4v) is 4.34. The molecule has 1 aromatic heterocycles. The normalized spacial score (nSPS) is 12.4. The lowest BCUT2D eigenvalue weighted by Gasteiger charge is -2.20. The third kappa shape index (κ3) is 8.56. The van der Waals surface area contributed by atoms with E-state index in [4.69, 9.17) is 9.84 Å². The summed E-state index contributed by atoms with van der Waals surface area (Å²) in [6, 6.07) is 15.1. The number of aromatic nitrogens is 3. The van der Waals surface area contributed by atoms with Crippen LogP contribution in [-0.2, 0) is 4.79 Å². The summed E-state index contributed by atoms with van der Waals surface area (Å²) in [5.41, 5.74) is 6.82. The minimum absolute atomic E-state index is 0.226. The van der Waals surface area contributed by atoms with E-state index < -0.39 is 24.0 Å². The Bertz CT molecular complexity index is 1680. The van der Waals surface area contributed by atoms with E-state index in [0.717, 1.165) is 35.0 Å². The van der Waals surface area contributed by atoms with Gasteiger partial charge in [-0.05, 0) is 66.9 Å². The number of carbonyl (C=O) groups is 1. The van der Waals surface area contributed by atoms with Crippen LogP contribution in [0.5, 0.6) is 11.5 Å². The number of hydrazone groups is 1. The Morgan fingerprint density at radius 3 is 2.24 bits per heavy atom. The number of thioether (sulfide) groups is 1. The van der Waals surface area contributed by atoms with Crippen molar-refractivity contribution in [1.29, 1.82) is 0 Å². The summed E-state index contributed by atoms with van der Waals surface area (Å²) in [5, 5.41) is 17.9. The summed E-state index contributed by atoms with van der Waals surface area (Å²) in [6.45, 7) is 3.74. The molecule has 0 aliphatic rings. The molecule has 236 valence electrons. The lowest BCUT2D eigenvalue weighted by atomic mass is 10.1. The second kappa shape index (κ2) is 13.8. The molecule has 10 nitrogen and oxygen atoms in total. The first-order chi connectivity index (χ1) is 21.3. The number of benzene rings is 3. The number of nitrogens with zero attached hydrogens (tertiary/aromatic N) is 5. The van der Waals surface area contributed by atoms with Crippen molar-refractivity contribution in [2.45, 2.75) is 26.1 Å². The molecule has 0 amide bonds. The Balaban J connectivity index is 1.43. The summed E-state index contributed by atoms with van der Waals surface area (Å²) >= 11 is 0.981. The molecular formula is C29H25F5N6O4S. The zero-order valence-electron chi connectivity index (χ0n) is 23.8. The van der Waals surface area contributed by atoms with Gasteiger partial charge in [0, 0.05) is 5.56 Å². The highest BCUT2D eigenvalue weighted by molar-refractivity contribution is 8.14. The van der Waals surface area contributed by atoms with Crippen LogP contribution in [0.15, 0.2) is 77.1 Å². The zero-order chi connectivity index (χ0) is 32.8. The van der Waals surface area contributed by atoms with Gasteiger partial charge in [-0.1, -0.05) is 36.0 Å². The van der Waals surface area contributed by atoms with Crippen LogP contribution in [0.25, 0.3) is 17.1 Å². The molecule has 0 aliphatic carbocycles. The number of methoxy groups -OCH3 is 1. The molecule has 3 aromatic carbocycles. The first kappa shape index (κ1) is 32.9. The summed E-state index contributed by atoms with van der Waals surface area (Å²) in [4.78, 5) is 20.0. The lowest BCUT2D eigenvalue weighted by Crippen LogP contribution is -2.41. The van der Waals surface area contributed by atoms with Gasteiger partial charge >= 0.3 is 18.3 Å². The first-order valence-electron chi connectivity index (χ1n) is 12.9. The van der Waals surface area contributed by atoms with Crippen molar-refractivity contribution >= 4 is 34.8 Å². The van der Waals surface area contributed by atoms with Gasteiger partial charge in [0.2, 0.25) is 0 Å². The number of nitrogens with one attached hydrogen (secondary N) is 1. The van der Waals surface area contributed by atoms with Crippen LogP contribution < -0.4 is 14.9 Å². The van der Waals surface area contributed by atoms with Crippen LogP contribution in [0.2, 0.25) is 0 Å². The summed E-state index contributed by atoms with van der Waals surface area (Å²) < 4.78 is 73.8. The van der Waals surface area contributed by atoms with Crippen LogP contribution in [0.1, 0.15) is 16.7 Å². The number of alkyl halides is 5. The molecule has 0 fully saturated rings. The number of aryl methyl sites for hydroxylation is 2. The molecule has 0 unspecified atom stereocenters. The van der Waals surface area contributed by atoms with E-state index in [9.17, 15) is 26.7 Å². The van der Waals surface area contributed by atoms with Gasteiger partial charge in [0.15, 0.2) is 11.0 Å². The number of carboxylic acid groups (broad SMARTS) is 1. The number of hydrogen-bond donors (Lipinski definition) is 2. The predicted octanol–water partition coefficient (Wildman–Crippen LogP) is 6.52. The van der Waals surface area contributed by atoms with E-state index in [1.807, 2.05) is 26.0 Å². The van der Waals surface area contributed by atoms with E-state index in [-0.39, 0.29) is 10.9 Å². The number of halogens is 5. The average molecular weight is 649 g/mol. The van der Waals surface area contributed by atoms with Gasteiger partial charge in [-0.2, -0.15) is 27.1 Å². The van der Waals surface area contributed by atoms with Crippen molar-refractivity contribution in [2.75, 3.05) is 12.9 Å². The number of aliphatic carboxylic acids is 1. The van der Waals surface area contributed by atoms with Gasteiger partial charge < -0.3 is 14.6 Å². The molecular weight excluding hydrogens is 623 g/mol. The third-order valence-electron chi connectivity index (χ3n) is 5.96. The van der Waals surface area contributed by atoms with Gasteiger partial charge in [-0.15, -0.1) is 5.10 Å². The molecule has 4 rings (SSSR count). The maximum atomic E-state index is 13.1. The van der Waals surface area contributed by atoms with Crippen molar-refractivity contribution in [2.24, 2.45) is 10.1 Å². The van der Waals surface area contributed by atoms with Crippen molar-refractivity contribution in [1.82, 2.24) is 20.2 Å². The van der Waals surface area contributed by atoms with Gasteiger partial charge in [-0.3, -0.25) is 10.2 Å². The molecule has 4 aromatic rings. The van der Waals surface area contributed by atoms with E-state index >= 15 is 0 Å². The highest BCUT2D eigenvalue weighted by Crippen LogP contribution is 2.37. The monoisotopic (exact) mass is 648 g/mol. The Kier molecular flexibility index (Phi) is 10.1. The molecule has 0 saturated carbocycles. The minimum Gasteiger partial charge on any atom is -0.497 e. The number of rotatable bonds is 10. The minimum atomic E-state index is -5.85. The largest absolute Gasteiger partial charge is 0.499 e. The smallest absolute Gasteiger partial charge is 0.497 e. The molecule has 0 aliphatic heterocycles.